The first-order valence-electron chi connectivity index (χ1n) is 9.27. The lowest BCUT2D eigenvalue weighted by atomic mass is 10.1. The normalized spacial score (nSPS) is 18.1. The number of hydroxylamine groups is 1. The molecule has 1 unspecified atom stereocenters. The fourth-order valence-electron chi connectivity index (χ4n) is 2.82. The molecule has 1 amide bonds. The molecular formula is C21H22F3N3O4+. The lowest BCUT2D eigenvalue weighted by Gasteiger charge is -2.26. The molecule has 7 nitrogen and oxygen atoms in total. The number of amides is 1. The second-order valence-electron chi connectivity index (χ2n) is 7.86. The molecule has 0 bridgehead atoms. The van der Waals surface area contributed by atoms with Crippen LogP contribution in [0.25, 0.3) is 0 Å². The standard InChI is InChI=1S/C21H22F3N3O4/c1-13-6-8-16(29-5)10-14(13)12-30-27(19(28)31-20(2,3)4)18-11-15(21(22,23)24)7-9-17(18)25-26-27/h6-11H,1,12H2,2-5H3/q+1. The largest absolute Gasteiger partial charge is 0.586 e. The van der Waals surface area contributed by atoms with E-state index in [0.29, 0.717) is 16.9 Å². The maximum atomic E-state index is 13.3. The highest BCUT2D eigenvalue weighted by Gasteiger charge is 2.54. The molecule has 0 spiro atoms. The Balaban J connectivity index is 2.05. The topological polar surface area (TPSA) is 69.5 Å². The number of alkyl halides is 3. The van der Waals surface area contributed by atoms with Crippen LogP contribution in [-0.4, -0.2) is 18.8 Å². The van der Waals surface area contributed by atoms with Gasteiger partial charge < -0.3 is 9.47 Å². The monoisotopic (exact) mass is 437 g/mol. The van der Waals surface area contributed by atoms with E-state index >= 15 is 0 Å². The number of benzene rings is 2. The van der Waals surface area contributed by atoms with E-state index in [0.717, 1.165) is 18.2 Å². The Morgan fingerprint density at radius 2 is 1.84 bits per heavy atom. The summed E-state index contributed by atoms with van der Waals surface area (Å²) in [4.78, 5) is 18.9. The maximum absolute atomic E-state index is 13.3. The van der Waals surface area contributed by atoms with Gasteiger partial charge in [-0.05, 0) is 63.1 Å². The number of halogens is 3. The average Bonchev–Trinajstić information content (AvgIpc) is 3.04. The first-order chi connectivity index (χ1) is 14.4. The predicted molar refractivity (Wildman–Crippen MR) is 106 cm³/mol. The summed E-state index contributed by atoms with van der Waals surface area (Å²) in [6.45, 7) is 8.55. The Bertz CT molecular complexity index is 1030. The summed E-state index contributed by atoms with van der Waals surface area (Å²) in [5.74, 6) is 0.526. The molecule has 3 rings (SSSR count). The smallest absolute Gasteiger partial charge is 0.497 e. The Labute approximate surface area is 177 Å². The van der Waals surface area contributed by atoms with Crippen molar-refractivity contribution in [2.24, 2.45) is 10.3 Å². The zero-order chi connectivity index (χ0) is 23.0. The van der Waals surface area contributed by atoms with E-state index in [1.165, 1.54) is 7.11 Å². The van der Waals surface area contributed by atoms with Gasteiger partial charge in [0, 0.05) is 6.07 Å². The number of carbonyl (C=O) groups excluding carboxylic acids is 1. The number of hydrogen-bond donors (Lipinski definition) is 0. The molecule has 0 fully saturated rings. The Morgan fingerprint density at radius 1 is 1.13 bits per heavy atom. The van der Waals surface area contributed by atoms with Crippen LogP contribution in [0.3, 0.4) is 0 Å². The molecular weight excluding hydrogens is 415 g/mol. The zero-order valence-corrected chi connectivity index (χ0v) is 17.5. The second kappa shape index (κ2) is 7.93. The molecule has 0 aromatic heterocycles. The van der Waals surface area contributed by atoms with Crippen LogP contribution in [0.4, 0.5) is 29.3 Å². The van der Waals surface area contributed by atoms with Gasteiger partial charge in [-0.2, -0.15) is 22.8 Å². The number of hydrogen-bond acceptors (Lipinski definition) is 6. The molecule has 2 aromatic carbocycles. The van der Waals surface area contributed by atoms with Gasteiger partial charge in [-0.25, -0.2) is 0 Å². The lowest BCUT2D eigenvalue weighted by molar-refractivity contribution is -0.150. The number of carbonyl (C=O) groups is 1. The van der Waals surface area contributed by atoms with Gasteiger partial charge in [0.25, 0.3) is 0 Å². The second-order valence-corrected chi connectivity index (χ2v) is 7.86. The highest BCUT2D eigenvalue weighted by molar-refractivity contribution is 5.86. The van der Waals surface area contributed by atoms with E-state index in [4.69, 9.17) is 14.3 Å². The first-order valence-corrected chi connectivity index (χ1v) is 9.27. The van der Waals surface area contributed by atoms with E-state index in [1.54, 1.807) is 39.0 Å². The number of nitrogens with zero attached hydrogens (tertiary/aromatic N) is 3. The van der Waals surface area contributed by atoms with Gasteiger partial charge in [-0.1, -0.05) is 11.2 Å². The summed E-state index contributed by atoms with van der Waals surface area (Å²) in [7, 11) is 1.49. The molecule has 0 saturated heterocycles. The van der Waals surface area contributed by atoms with Gasteiger partial charge in [0.05, 0.1) is 22.7 Å². The number of quaternary nitrogens is 1. The van der Waals surface area contributed by atoms with Gasteiger partial charge in [0.15, 0.2) is 5.69 Å². The van der Waals surface area contributed by atoms with E-state index in [1.807, 2.05) is 0 Å². The average molecular weight is 437 g/mol. The van der Waals surface area contributed by atoms with Crippen molar-refractivity contribution in [2.75, 3.05) is 7.11 Å². The van der Waals surface area contributed by atoms with Gasteiger partial charge in [0.2, 0.25) is 5.69 Å². The highest BCUT2D eigenvalue weighted by atomic mass is 19.4. The summed E-state index contributed by atoms with van der Waals surface area (Å²) in [5, 5.41) is 7.74. The Morgan fingerprint density at radius 3 is 2.45 bits per heavy atom. The number of methoxy groups -OCH3 is 1. The molecule has 1 heterocycles. The summed E-state index contributed by atoms with van der Waals surface area (Å²) in [6.07, 6.45) is -5.66. The molecule has 1 aliphatic heterocycles. The van der Waals surface area contributed by atoms with Crippen LogP contribution in [0.2, 0.25) is 0 Å². The minimum atomic E-state index is -4.63. The third-order valence-corrected chi connectivity index (χ3v) is 4.37. The summed E-state index contributed by atoms with van der Waals surface area (Å²) in [6, 6.07) is 7.82. The molecule has 10 heteroatoms. The molecule has 165 valence electrons. The zero-order valence-electron chi connectivity index (χ0n) is 17.5. The summed E-state index contributed by atoms with van der Waals surface area (Å²) in [5.41, 5.74) is -0.900. The van der Waals surface area contributed by atoms with Crippen molar-refractivity contribution in [3.8, 4) is 5.75 Å². The molecule has 31 heavy (non-hydrogen) atoms. The van der Waals surface area contributed by atoms with Gasteiger partial charge >= 0.3 is 12.3 Å². The van der Waals surface area contributed by atoms with Crippen molar-refractivity contribution in [2.45, 2.75) is 39.2 Å². The molecule has 0 saturated carbocycles. The lowest BCUT2D eigenvalue weighted by Crippen LogP contribution is -2.50. The van der Waals surface area contributed by atoms with Crippen molar-refractivity contribution in [1.29, 1.82) is 0 Å². The summed E-state index contributed by atoms with van der Waals surface area (Å²) >= 11 is 0. The number of fused-ring (bicyclic) bond motifs is 1. The van der Waals surface area contributed by atoms with Crippen molar-refractivity contribution >= 4 is 17.5 Å². The highest BCUT2D eigenvalue weighted by Crippen LogP contribution is 2.46. The van der Waals surface area contributed by atoms with Crippen LogP contribution in [-0.2, 0) is 22.4 Å². The fourth-order valence-corrected chi connectivity index (χ4v) is 2.82. The molecule has 1 radical (unpaired) electrons. The Hall–Kier alpha value is -2.98. The van der Waals surface area contributed by atoms with Gasteiger partial charge in [-0.3, -0.25) is 0 Å². The predicted octanol–water partition coefficient (Wildman–Crippen LogP) is 6.28. The number of ether oxygens (including phenoxy) is 2. The quantitative estimate of drug-likeness (QED) is 0.528. The van der Waals surface area contributed by atoms with Crippen LogP contribution < -0.4 is 9.49 Å². The van der Waals surface area contributed by atoms with Crippen molar-refractivity contribution in [3.05, 3.63) is 60.0 Å². The maximum Gasteiger partial charge on any atom is 0.586 e. The van der Waals surface area contributed by atoms with Crippen LogP contribution >= 0.6 is 0 Å². The molecule has 1 atom stereocenters. The van der Waals surface area contributed by atoms with Crippen molar-refractivity contribution in [3.63, 3.8) is 0 Å². The van der Waals surface area contributed by atoms with Crippen LogP contribution in [0, 0.1) is 6.92 Å². The molecule has 2 aromatic rings. The third kappa shape index (κ3) is 4.70. The SMILES string of the molecule is [CH2]c1ccc(OC)cc1CO[N+]1(C(=O)OC(C)(C)C)N=Nc2ccc(C(F)(F)F)cc21. The van der Waals surface area contributed by atoms with Crippen LogP contribution in [0.15, 0.2) is 46.7 Å². The minimum absolute atomic E-state index is 0.0688. The van der Waals surface area contributed by atoms with E-state index < -0.39 is 28.2 Å². The van der Waals surface area contributed by atoms with Crippen molar-refractivity contribution in [1.82, 2.24) is 4.76 Å². The Kier molecular flexibility index (Phi) is 5.81. The van der Waals surface area contributed by atoms with Gasteiger partial charge in [0.1, 0.15) is 18.0 Å². The number of rotatable bonds is 4. The third-order valence-electron chi connectivity index (χ3n) is 4.37. The first kappa shape index (κ1) is 22.7. The van der Waals surface area contributed by atoms with Crippen LogP contribution in [0.5, 0.6) is 5.75 Å². The van der Waals surface area contributed by atoms with Crippen LogP contribution in [0.1, 0.15) is 37.5 Å². The minimum Gasteiger partial charge on any atom is -0.497 e. The van der Waals surface area contributed by atoms with E-state index in [-0.39, 0.29) is 18.0 Å². The van der Waals surface area contributed by atoms with E-state index in [9.17, 15) is 18.0 Å². The molecule has 0 aliphatic carbocycles. The van der Waals surface area contributed by atoms with E-state index in [2.05, 4.69) is 17.3 Å². The fraction of sp³-hybridized carbons (Fsp3) is 0.333. The molecule has 0 N–H and O–H groups in total. The van der Waals surface area contributed by atoms with Gasteiger partial charge in [-0.15, -0.1) is 0 Å². The molecule has 1 aliphatic rings. The summed E-state index contributed by atoms with van der Waals surface area (Å²) < 4.78 is 49.2. The van der Waals surface area contributed by atoms with Crippen molar-refractivity contribution < 1.29 is 32.3 Å².